The van der Waals surface area contributed by atoms with Crippen molar-refractivity contribution < 1.29 is 19.5 Å². The van der Waals surface area contributed by atoms with Crippen molar-refractivity contribution in [3.63, 3.8) is 0 Å². The predicted molar refractivity (Wildman–Crippen MR) is 69.7 cm³/mol. The molecule has 0 heterocycles. The lowest BCUT2D eigenvalue weighted by Gasteiger charge is -2.07. The first-order valence-electron chi connectivity index (χ1n) is 5.83. The first kappa shape index (κ1) is 14.7. The fourth-order valence-corrected chi connectivity index (χ4v) is 1.42. The SMILES string of the molecule is Cc1ccccc1NC(=O)CCC(=O)NCC(=O)O. The summed E-state index contributed by atoms with van der Waals surface area (Å²) in [6.45, 7) is 1.44. The monoisotopic (exact) mass is 264 g/mol. The average molecular weight is 264 g/mol. The summed E-state index contributed by atoms with van der Waals surface area (Å²) >= 11 is 0. The molecule has 0 bridgehead atoms. The van der Waals surface area contributed by atoms with E-state index in [0.29, 0.717) is 5.69 Å². The number of para-hydroxylation sites is 1. The minimum absolute atomic E-state index is 0.0137. The second kappa shape index (κ2) is 7.15. The van der Waals surface area contributed by atoms with Crippen molar-refractivity contribution in [2.24, 2.45) is 0 Å². The Kier molecular flexibility index (Phi) is 5.53. The van der Waals surface area contributed by atoms with E-state index < -0.39 is 18.4 Å². The third-order valence-electron chi connectivity index (χ3n) is 2.44. The Morgan fingerprint density at radius 2 is 1.74 bits per heavy atom. The molecule has 6 heteroatoms. The van der Waals surface area contributed by atoms with Crippen LogP contribution in [-0.2, 0) is 14.4 Å². The average Bonchev–Trinajstić information content (AvgIpc) is 2.36. The van der Waals surface area contributed by atoms with Gasteiger partial charge in [0, 0.05) is 18.5 Å². The van der Waals surface area contributed by atoms with E-state index in [1.165, 1.54) is 0 Å². The number of carbonyl (C=O) groups is 3. The highest BCUT2D eigenvalue weighted by atomic mass is 16.4. The Balaban J connectivity index is 2.34. The number of benzene rings is 1. The largest absolute Gasteiger partial charge is 0.480 e. The number of aryl methyl sites for hydroxylation is 1. The molecule has 1 rings (SSSR count). The first-order valence-corrected chi connectivity index (χ1v) is 5.83. The van der Waals surface area contributed by atoms with Crippen LogP contribution in [0.25, 0.3) is 0 Å². The standard InChI is InChI=1S/C13H16N2O4/c1-9-4-2-3-5-10(9)15-12(17)7-6-11(16)14-8-13(18)19/h2-5H,6-8H2,1H3,(H,14,16)(H,15,17)(H,18,19). The van der Waals surface area contributed by atoms with Gasteiger partial charge in [-0.15, -0.1) is 0 Å². The van der Waals surface area contributed by atoms with Crippen molar-refractivity contribution >= 4 is 23.5 Å². The van der Waals surface area contributed by atoms with Crippen LogP contribution in [0.3, 0.4) is 0 Å². The zero-order valence-corrected chi connectivity index (χ0v) is 10.6. The number of rotatable bonds is 6. The molecule has 19 heavy (non-hydrogen) atoms. The number of amides is 2. The molecule has 0 fully saturated rings. The van der Waals surface area contributed by atoms with E-state index in [4.69, 9.17) is 5.11 Å². The molecule has 0 aliphatic carbocycles. The van der Waals surface area contributed by atoms with Crippen LogP contribution < -0.4 is 10.6 Å². The summed E-state index contributed by atoms with van der Waals surface area (Å²) in [6.07, 6.45) is -0.0230. The van der Waals surface area contributed by atoms with Crippen molar-refractivity contribution in [1.29, 1.82) is 0 Å². The fraction of sp³-hybridized carbons (Fsp3) is 0.308. The molecule has 1 aromatic rings. The Morgan fingerprint density at radius 3 is 2.37 bits per heavy atom. The Labute approximate surface area is 110 Å². The third kappa shape index (κ3) is 5.67. The maximum absolute atomic E-state index is 11.6. The minimum Gasteiger partial charge on any atom is -0.480 e. The second-order valence-corrected chi connectivity index (χ2v) is 4.03. The summed E-state index contributed by atoms with van der Waals surface area (Å²) in [5.41, 5.74) is 1.64. The predicted octanol–water partition coefficient (Wildman–Crippen LogP) is 0.915. The van der Waals surface area contributed by atoms with Gasteiger partial charge in [-0.1, -0.05) is 18.2 Å². The lowest BCUT2D eigenvalue weighted by atomic mass is 10.2. The van der Waals surface area contributed by atoms with Gasteiger partial charge in [0.25, 0.3) is 0 Å². The van der Waals surface area contributed by atoms with Gasteiger partial charge in [-0.05, 0) is 18.6 Å². The van der Waals surface area contributed by atoms with Crippen LogP contribution in [-0.4, -0.2) is 29.4 Å². The van der Waals surface area contributed by atoms with Gasteiger partial charge >= 0.3 is 5.97 Å². The van der Waals surface area contributed by atoms with Crippen LogP contribution in [0.1, 0.15) is 18.4 Å². The van der Waals surface area contributed by atoms with Gasteiger partial charge < -0.3 is 15.7 Å². The molecule has 0 unspecified atom stereocenters. The molecule has 6 nitrogen and oxygen atoms in total. The molecule has 0 radical (unpaired) electrons. The highest BCUT2D eigenvalue weighted by molar-refractivity contribution is 5.94. The summed E-state index contributed by atoms with van der Waals surface area (Å²) in [5.74, 6) is -1.85. The van der Waals surface area contributed by atoms with Gasteiger partial charge in [-0.25, -0.2) is 0 Å². The molecular weight excluding hydrogens is 248 g/mol. The first-order chi connectivity index (χ1) is 8.99. The number of anilines is 1. The molecular formula is C13H16N2O4. The number of aliphatic carboxylic acids is 1. The summed E-state index contributed by atoms with van der Waals surface area (Å²) in [5, 5.41) is 13.3. The zero-order chi connectivity index (χ0) is 14.3. The van der Waals surface area contributed by atoms with Gasteiger partial charge in [0.2, 0.25) is 11.8 Å². The number of nitrogens with one attached hydrogen (secondary N) is 2. The normalized spacial score (nSPS) is 9.74. The Morgan fingerprint density at radius 1 is 1.11 bits per heavy atom. The fourth-order valence-electron chi connectivity index (χ4n) is 1.42. The molecule has 0 spiro atoms. The molecule has 1 aromatic carbocycles. The summed E-state index contributed by atoms with van der Waals surface area (Å²) < 4.78 is 0. The van der Waals surface area contributed by atoms with Crippen molar-refractivity contribution in [2.45, 2.75) is 19.8 Å². The highest BCUT2D eigenvalue weighted by Crippen LogP contribution is 2.13. The maximum atomic E-state index is 11.6. The van der Waals surface area contributed by atoms with Crippen LogP contribution in [0.4, 0.5) is 5.69 Å². The molecule has 0 saturated carbocycles. The van der Waals surface area contributed by atoms with E-state index in [-0.39, 0.29) is 18.7 Å². The quantitative estimate of drug-likeness (QED) is 0.711. The van der Waals surface area contributed by atoms with Crippen molar-refractivity contribution in [3.8, 4) is 0 Å². The molecule has 0 saturated heterocycles. The highest BCUT2D eigenvalue weighted by Gasteiger charge is 2.08. The van der Waals surface area contributed by atoms with E-state index in [1.54, 1.807) is 6.07 Å². The molecule has 0 aliphatic rings. The third-order valence-corrected chi connectivity index (χ3v) is 2.44. The van der Waals surface area contributed by atoms with Crippen LogP contribution in [0.5, 0.6) is 0 Å². The molecule has 3 N–H and O–H groups in total. The van der Waals surface area contributed by atoms with Gasteiger partial charge in [-0.2, -0.15) is 0 Å². The van der Waals surface area contributed by atoms with Crippen LogP contribution in [0.15, 0.2) is 24.3 Å². The van der Waals surface area contributed by atoms with Crippen molar-refractivity contribution in [3.05, 3.63) is 29.8 Å². The number of carboxylic acids is 1. The number of hydrogen-bond donors (Lipinski definition) is 3. The number of hydrogen-bond acceptors (Lipinski definition) is 3. The van der Waals surface area contributed by atoms with Gasteiger partial charge in [-0.3, -0.25) is 14.4 Å². The molecule has 2 amide bonds. The molecule has 102 valence electrons. The molecule has 0 aliphatic heterocycles. The smallest absolute Gasteiger partial charge is 0.322 e. The summed E-state index contributed by atoms with van der Waals surface area (Å²) in [6, 6.07) is 7.32. The lowest BCUT2D eigenvalue weighted by molar-refractivity contribution is -0.138. The van der Waals surface area contributed by atoms with E-state index in [1.807, 2.05) is 25.1 Å². The number of carbonyl (C=O) groups excluding carboxylic acids is 2. The van der Waals surface area contributed by atoms with Gasteiger partial charge in [0.05, 0.1) is 0 Å². The van der Waals surface area contributed by atoms with Gasteiger partial charge in [0.1, 0.15) is 6.54 Å². The number of carboxylic acid groups (broad SMARTS) is 1. The van der Waals surface area contributed by atoms with E-state index >= 15 is 0 Å². The topological polar surface area (TPSA) is 95.5 Å². The van der Waals surface area contributed by atoms with E-state index in [0.717, 1.165) is 5.56 Å². The maximum Gasteiger partial charge on any atom is 0.322 e. The van der Waals surface area contributed by atoms with Crippen LogP contribution in [0, 0.1) is 6.92 Å². The van der Waals surface area contributed by atoms with Gasteiger partial charge in [0.15, 0.2) is 0 Å². The molecule has 0 aromatic heterocycles. The Bertz CT molecular complexity index is 485. The summed E-state index contributed by atoms with van der Waals surface area (Å²) in [4.78, 5) is 33.0. The minimum atomic E-state index is -1.11. The summed E-state index contributed by atoms with van der Waals surface area (Å²) in [7, 11) is 0. The van der Waals surface area contributed by atoms with Crippen LogP contribution >= 0.6 is 0 Å². The Hall–Kier alpha value is -2.37. The second-order valence-electron chi connectivity index (χ2n) is 4.03. The van der Waals surface area contributed by atoms with E-state index in [2.05, 4.69) is 10.6 Å². The van der Waals surface area contributed by atoms with Crippen LogP contribution in [0.2, 0.25) is 0 Å². The van der Waals surface area contributed by atoms with Crippen molar-refractivity contribution in [2.75, 3.05) is 11.9 Å². The zero-order valence-electron chi connectivity index (χ0n) is 10.6. The lowest BCUT2D eigenvalue weighted by Crippen LogP contribution is -2.29. The van der Waals surface area contributed by atoms with Crippen molar-refractivity contribution in [1.82, 2.24) is 5.32 Å². The molecule has 0 atom stereocenters. The van der Waals surface area contributed by atoms with E-state index in [9.17, 15) is 14.4 Å².